The van der Waals surface area contributed by atoms with Gasteiger partial charge in [0, 0.05) is 25.9 Å². The minimum absolute atomic E-state index is 0. The molecule has 0 radical (unpaired) electrons. The lowest BCUT2D eigenvalue weighted by molar-refractivity contribution is 0.551. The maximum Gasteiger partial charge on any atom is 0.0934 e. The van der Waals surface area contributed by atoms with E-state index in [0.717, 1.165) is 31.8 Å². The van der Waals surface area contributed by atoms with Crippen LogP contribution in [0.15, 0.2) is 4.99 Å². The van der Waals surface area contributed by atoms with Gasteiger partial charge in [-0.05, 0) is 12.8 Å². The van der Waals surface area contributed by atoms with Crippen molar-refractivity contribution in [2.45, 2.75) is 90.9 Å². The van der Waals surface area contributed by atoms with Gasteiger partial charge in [-0.1, -0.05) is 65.2 Å². The molecule has 0 heterocycles. The Kier molecular flexibility index (Phi) is 26.6. The molecule has 0 spiro atoms. The van der Waals surface area contributed by atoms with Gasteiger partial charge in [0.05, 0.1) is 11.7 Å². The van der Waals surface area contributed by atoms with E-state index in [1.165, 1.54) is 64.2 Å². The van der Waals surface area contributed by atoms with Crippen molar-refractivity contribution in [1.82, 2.24) is 5.32 Å². The quantitative estimate of drug-likeness (QED) is 0.199. The lowest BCUT2D eigenvalue weighted by Crippen LogP contribution is -2.22. The van der Waals surface area contributed by atoms with Gasteiger partial charge in [0.2, 0.25) is 0 Å². The van der Waals surface area contributed by atoms with Crippen LogP contribution >= 0.6 is 24.8 Å². The Morgan fingerprint density at radius 2 is 1.25 bits per heavy atom. The first-order chi connectivity index (χ1) is 10.7. The standard InChI is InChI=1S/C18H38N4.2ClH/c1-3-17(19)21-15-13-11-9-7-5-6-8-10-12-14-16-22-18(20)4-2;;/h3-16H2,1-2H3,(H2,19,21)(H2,20,22);2*1H. The number of hydrogen-bond acceptors (Lipinski definition) is 2. The van der Waals surface area contributed by atoms with Gasteiger partial charge >= 0.3 is 0 Å². The number of halogens is 2. The molecule has 0 atom stereocenters. The first-order valence-electron chi connectivity index (χ1n) is 9.30. The van der Waals surface area contributed by atoms with E-state index in [1.807, 2.05) is 13.8 Å². The fourth-order valence-corrected chi connectivity index (χ4v) is 2.35. The zero-order valence-electron chi connectivity index (χ0n) is 15.7. The molecule has 4 N–H and O–H groups in total. The summed E-state index contributed by atoms with van der Waals surface area (Å²) >= 11 is 0. The first kappa shape index (κ1) is 28.3. The monoisotopic (exact) mass is 382 g/mol. The molecule has 0 aliphatic carbocycles. The molecule has 0 bridgehead atoms. The topological polar surface area (TPSA) is 74.3 Å². The highest BCUT2D eigenvalue weighted by Gasteiger charge is 1.94. The fourth-order valence-electron chi connectivity index (χ4n) is 2.35. The van der Waals surface area contributed by atoms with Crippen molar-refractivity contribution in [1.29, 1.82) is 5.41 Å². The molecule has 0 saturated carbocycles. The number of hydrogen-bond donors (Lipinski definition) is 3. The average molecular weight is 383 g/mol. The van der Waals surface area contributed by atoms with Crippen LogP contribution in [0, 0.1) is 5.41 Å². The number of aliphatic imine (C=N–C) groups is 1. The zero-order valence-corrected chi connectivity index (χ0v) is 17.4. The third-order valence-electron chi connectivity index (χ3n) is 3.95. The van der Waals surface area contributed by atoms with Crippen molar-refractivity contribution >= 4 is 36.5 Å². The predicted molar refractivity (Wildman–Crippen MR) is 113 cm³/mol. The number of nitrogens with two attached hydrogens (primary N) is 1. The zero-order chi connectivity index (χ0) is 16.5. The Bertz CT molecular complexity index is 297. The normalized spacial score (nSPS) is 10.7. The fraction of sp³-hybridized carbons (Fsp3) is 0.889. The van der Waals surface area contributed by atoms with Crippen molar-refractivity contribution in [2.75, 3.05) is 13.1 Å². The maximum atomic E-state index is 7.50. The van der Waals surface area contributed by atoms with Gasteiger partial charge in [-0.25, -0.2) is 0 Å². The highest BCUT2D eigenvalue weighted by atomic mass is 35.5. The van der Waals surface area contributed by atoms with E-state index in [0.29, 0.717) is 5.84 Å². The Morgan fingerprint density at radius 3 is 1.71 bits per heavy atom. The van der Waals surface area contributed by atoms with Crippen LogP contribution in [0.1, 0.15) is 90.9 Å². The van der Waals surface area contributed by atoms with Gasteiger partial charge in [-0.2, -0.15) is 0 Å². The lowest BCUT2D eigenvalue weighted by Gasteiger charge is -2.05. The molecule has 0 aromatic heterocycles. The summed E-state index contributed by atoms with van der Waals surface area (Å²) in [7, 11) is 0. The Morgan fingerprint density at radius 1 is 0.792 bits per heavy atom. The summed E-state index contributed by atoms with van der Waals surface area (Å²) in [5.74, 6) is 1.46. The average Bonchev–Trinajstić information content (AvgIpc) is 2.54. The van der Waals surface area contributed by atoms with Gasteiger partial charge in [0.15, 0.2) is 0 Å². The Hall–Kier alpha value is -0.480. The number of unbranched alkanes of at least 4 members (excludes halogenated alkanes) is 9. The van der Waals surface area contributed by atoms with Gasteiger partial charge < -0.3 is 11.1 Å². The highest BCUT2D eigenvalue weighted by molar-refractivity contribution is 5.85. The van der Waals surface area contributed by atoms with E-state index < -0.39 is 0 Å². The molecule has 0 amide bonds. The van der Waals surface area contributed by atoms with Gasteiger partial charge in [-0.15, -0.1) is 24.8 Å². The maximum absolute atomic E-state index is 7.50. The van der Waals surface area contributed by atoms with Gasteiger partial charge in [-0.3, -0.25) is 10.4 Å². The molecular formula is C18H40Cl2N4. The Labute approximate surface area is 162 Å². The van der Waals surface area contributed by atoms with Crippen LogP contribution in [0.25, 0.3) is 0 Å². The van der Waals surface area contributed by atoms with Crippen LogP contribution in [-0.4, -0.2) is 24.8 Å². The first-order valence-corrected chi connectivity index (χ1v) is 9.30. The van der Waals surface area contributed by atoms with Crippen molar-refractivity contribution < 1.29 is 0 Å². The van der Waals surface area contributed by atoms with E-state index in [9.17, 15) is 0 Å². The van der Waals surface area contributed by atoms with Crippen molar-refractivity contribution in [3.63, 3.8) is 0 Å². The molecule has 6 heteroatoms. The number of rotatable bonds is 15. The minimum atomic E-state index is 0. The second-order valence-electron chi connectivity index (χ2n) is 6.02. The summed E-state index contributed by atoms with van der Waals surface area (Å²) in [6, 6.07) is 0. The van der Waals surface area contributed by atoms with Crippen LogP contribution < -0.4 is 11.1 Å². The summed E-state index contributed by atoms with van der Waals surface area (Å²) in [6.45, 7) is 5.94. The van der Waals surface area contributed by atoms with E-state index in [-0.39, 0.29) is 24.8 Å². The highest BCUT2D eigenvalue weighted by Crippen LogP contribution is 2.10. The molecular weight excluding hydrogens is 343 g/mol. The second-order valence-corrected chi connectivity index (χ2v) is 6.02. The van der Waals surface area contributed by atoms with E-state index in [4.69, 9.17) is 11.1 Å². The second kappa shape index (κ2) is 22.5. The smallest absolute Gasteiger partial charge is 0.0934 e. The molecule has 146 valence electrons. The summed E-state index contributed by atoms with van der Waals surface area (Å²) < 4.78 is 0. The molecule has 0 aromatic rings. The lowest BCUT2D eigenvalue weighted by atomic mass is 10.1. The summed E-state index contributed by atoms with van der Waals surface area (Å²) in [5, 5.41) is 10.6. The molecule has 0 aliphatic rings. The molecule has 0 aromatic carbocycles. The molecule has 24 heavy (non-hydrogen) atoms. The minimum Gasteiger partial charge on any atom is -0.387 e. The van der Waals surface area contributed by atoms with Crippen LogP contribution in [0.5, 0.6) is 0 Å². The van der Waals surface area contributed by atoms with Crippen LogP contribution in [-0.2, 0) is 0 Å². The number of amidine groups is 2. The molecule has 0 unspecified atom stereocenters. The summed E-state index contributed by atoms with van der Waals surface area (Å²) in [5.41, 5.74) is 5.67. The molecule has 0 saturated heterocycles. The van der Waals surface area contributed by atoms with Crippen molar-refractivity contribution in [2.24, 2.45) is 10.7 Å². The van der Waals surface area contributed by atoms with E-state index in [2.05, 4.69) is 10.3 Å². The third kappa shape index (κ3) is 21.5. The largest absolute Gasteiger partial charge is 0.387 e. The van der Waals surface area contributed by atoms with Crippen LogP contribution in [0.4, 0.5) is 0 Å². The molecule has 0 aliphatic heterocycles. The van der Waals surface area contributed by atoms with E-state index >= 15 is 0 Å². The predicted octanol–water partition coefficient (Wildman–Crippen LogP) is 5.48. The van der Waals surface area contributed by atoms with Crippen LogP contribution in [0.2, 0.25) is 0 Å². The SMILES string of the molecule is CCC(=N)NCCCCCCCCCCCCN=C(N)CC.Cl.Cl. The number of nitrogens with zero attached hydrogens (tertiary/aromatic N) is 1. The van der Waals surface area contributed by atoms with Crippen LogP contribution in [0.3, 0.4) is 0 Å². The third-order valence-corrected chi connectivity index (χ3v) is 3.95. The van der Waals surface area contributed by atoms with Crippen molar-refractivity contribution in [3.8, 4) is 0 Å². The van der Waals surface area contributed by atoms with E-state index in [1.54, 1.807) is 0 Å². The van der Waals surface area contributed by atoms with Gasteiger partial charge in [0.1, 0.15) is 0 Å². The molecule has 4 nitrogen and oxygen atoms in total. The Balaban J connectivity index is -0.00000220. The van der Waals surface area contributed by atoms with Gasteiger partial charge in [0.25, 0.3) is 0 Å². The molecule has 0 rings (SSSR count). The summed E-state index contributed by atoms with van der Waals surface area (Å²) in [6.07, 6.45) is 14.8. The molecule has 0 fully saturated rings. The number of nitrogens with one attached hydrogen (secondary N) is 2. The summed E-state index contributed by atoms with van der Waals surface area (Å²) in [4.78, 5) is 4.32. The van der Waals surface area contributed by atoms with Crippen molar-refractivity contribution in [3.05, 3.63) is 0 Å².